The van der Waals surface area contributed by atoms with Gasteiger partial charge in [-0.1, -0.05) is 37.3 Å². The molecule has 0 saturated heterocycles. The first kappa shape index (κ1) is 13.1. The lowest BCUT2D eigenvalue weighted by molar-refractivity contribution is 0.637. The van der Waals surface area contributed by atoms with E-state index in [1.165, 1.54) is 11.6 Å². The Bertz CT molecular complexity index is 799. The van der Waals surface area contributed by atoms with Gasteiger partial charge in [-0.2, -0.15) is 0 Å². The van der Waals surface area contributed by atoms with Gasteiger partial charge in [-0.05, 0) is 41.9 Å². The number of benzene rings is 2. The lowest BCUT2D eigenvalue weighted by Gasteiger charge is -2.06. The van der Waals surface area contributed by atoms with Crippen LogP contribution < -0.4 is 0 Å². The Morgan fingerprint density at radius 3 is 2.50 bits per heavy atom. The van der Waals surface area contributed by atoms with Crippen LogP contribution in [-0.4, -0.2) is 9.55 Å². The second-order valence-electron chi connectivity index (χ2n) is 4.82. The van der Waals surface area contributed by atoms with Crippen molar-refractivity contribution in [1.29, 1.82) is 0 Å². The van der Waals surface area contributed by atoms with Crippen LogP contribution >= 0.6 is 12.2 Å². The van der Waals surface area contributed by atoms with Crippen molar-refractivity contribution >= 4 is 23.3 Å². The van der Waals surface area contributed by atoms with Gasteiger partial charge in [-0.15, -0.1) is 0 Å². The zero-order valence-corrected chi connectivity index (χ0v) is 12.0. The van der Waals surface area contributed by atoms with Gasteiger partial charge < -0.3 is 9.55 Å². The van der Waals surface area contributed by atoms with E-state index in [2.05, 4.69) is 36.2 Å². The Balaban J connectivity index is 2.04. The summed E-state index contributed by atoms with van der Waals surface area (Å²) in [5, 5.41) is 0. The predicted molar refractivity (Wildman–Crippen MR) is 82.0 cm³/mol. The van der Waals surface area contributed by atoms with Crippen LogP contribution in [0.4, 0.5) is 4.39 Å². The Hall–Kier alpha value is -1.94. The number of hydrogen-bond donors (Lipinski definition) is 1. The van der Waals surface area contributed by atoms with E-state index in [-0.39, 0.29) is 5.82 Å². The first-order chi connectivity index (χ1) is 9.69. The minimum Gasteiger partial charge on any atom is -0.328 e. The van der Waals surface area contributed by atoms with Gasteiger partial charge in [0, 0.05) is 0 Å². The van der Waals surface area contributed by atoms with E-state index in [1.807, 2.05) is 10.6 Å². The van der Waals surface area contributed by atoms with Crippen LogP contribution in [-0.2, 0) is 13.0 Å². The van der Waals surface area contributed by atoms with Crippen LogP contribution in [0.15, 0.2) is 42.5 Å². The summed E-state index contributed by atoms with van der Waals surface area (Å²) in [6.45, 7) is 2.78. The van der Waals surface area contributed by atoms with E-state index in [0.29, 0.717) is 16.8 Å². The number of halogens is 1. The Morgan fingerprint density at radius 2 is 1.80 bits per heavy atom. The van der Waals surface area contributed by atoms with Crippen molar-refractivity contribution in [2.24, 2.45) is 0 Å². The number of para-hydroxylation sites is 1. The second kappa shape index (κ2) is 5.21. The molecule has 1 aromatic heterocycles. The van der Waals surface area contributed by atoms with Gasteiger partial charge in [0.2, 0.25) is 0 Å². The van der Waals surface area contributed by atoms with E-state index >= 15 is 0 Å². The van der Waals surface area contributed by atoms with Crippen LogP contribution in [0.3, 0.4) is 0 Å². The zero-order chi connectivity index (χ0) is 14.1. The summed E-state index contributed by atoms with van der Waals surface area (Å²) in [6.07, 6.45) is 1.03. The molecule has 3 aromatic rings. The smallest absolute Gasteiger partial charge is 0.178 e. The molecule has 20 heavy (non-hydrogen) atoms. The molecular weight excluding hydrogens is 271 g/mol. The van der Waals surface area contributed by atoms with Crippen LogP contribution in [0.1, 0.15) is 18.1 Å². The molecule has 102 valence electrons. The molecule has 1 heterocycles. The minimum atomic E-state index is -0.270. The van der Waals surface area contributed by atoms with Crippen molar-refractivity contribution in [2.45, 2.75) is 19.9 Å². The molecule has 2 nitrogen and oxygen atoms in total. The molecule has 2 aromatic carbocycles. The molecule has 0 spiro atoms. The van der Waals surface area contributed by atoms with Gasteiger partial charge in [0.1, 0.15) is 11.3 Å². The number of imidazole rings is 1. The highest BCUT2D eigenvalue weighted by molar-refractivity contribution is 7.71. The fraction of sp³-hybridized carbons (Fsp3) is 0.188. The average Bonchev–Trinajstić information content (AvgIpc) is 2.78. The summed E-state index contributed by atoms with van der Waals surface area (Å²) in [7, 11) is 0. The van der Waals surface area contributed by atoms with Crippen molar-refractivity contribution < 1.29 is 4.39 Å². The number of aromatic amines is 1. The van der Waals surface area contributed by atoms with E-state index in [9.17, 15) is 4.39 Å². The molecule has 0 radical (unpaired) electrons. The van der Waals surface area contributed by atoms with E-state index < -0.39 is 0 Å². The number of fused-ring (bicyclic) bond motifs is 1. The molecule has 3 rings (SSSR count). The lowest BCUT2D eigenvalue weighted by atomic mass is 10.1. The van der Waals surface area contributed by atoms with Crippen molar-refractivity contribution in [3.05, 3.63) is 64.2 Å². The first-order valence-electron chi connectivity index (χ1n) is 6.64. The third kappa shape index (κ3) is 2.27. The molecule has 0 bridgehead atoms. The standard InChI is InChI=1S/C16H15FN2S/c1-2-11-6-8-12(9-7-11)10-19-14-5-3-4-13(17)15(14)18-16(19)20/h3-9H,2,10H2,1H3,(H,18,20). The number of aromatic nitrogens is 2. The third-order valence-electron chi connectivity index (χ3n) is 3.53. The summed E-state index contributed by atoms with van der Waals surface area (Å²) in [6, 6.07) is 13.5. The van der Waals surface area contributed by atoms with Gasteiger partial charge in [-0.25, -0.2) is 4.39 Å². The first-order valence-corrected chi connectivity index (χ1v) is 7.04. The zero-order valence-electron chi connectivity index (χ0n) is 11.2. The van der Waals surface area contributed by atoms with Gasteiger partial charge in [0.25, 0.3) is 0 Å². The summed E-state index contributed by atoms with van der Waals surface area (Å²) in [5.41, 5.74) is 3.74. The van der Waals surface area contributed by atoms with E-state index in [1.54, 1.807) is 6.07 Å². The van der Waals surface area contributed by atoms with E-state index in [0.717, 1.165) is 17.5 Å². The maximum Gasteiger partial charge on any atom is 0.178 e. The predicted octanol–water partition coefficient (Wildman–Crippen LogP) is 4.45. The lowest BCUT2D eigenvalue weighted by Crippen LogP contribution is -1.99. The second-order valence-corrected chi connectivity index (χ2v) is 5.21. The van der Waals surface area contributed by atoms with Gasteiger partial charge in [0.15, 0.2) is 4.77 Å². The highest BCUT2D eigenvalue weighted by Gasteiger charge is 2.08. The molecule has 0 fully saturated rings. The molecule has 0 atom stereocenters. The third-order valence-corrected chi connectivity index (χ3v) is 3.85. The van der Waals surface area contributed by atoms with Crippen molar-refractivity contribution in [3.8, 4) is 0 Å². The van der Waals surface area contributed by atoms with Crippen LogP contribution in [0.25, 0.3) is 11.0 Å². The highest BCUT2D eigenvalue weighted by atomic mass is 32.1. The summed E-state index contributed by atoms with van der Waals surface area (Å²) in [5.74, 6) is -0.270. The summed E-state index contributed by atoms with van der Waals surface area (Å²) in [4.78, 5) is 2.94. The number of nitrogens with one attached hydrogen (secondary N) is 1. The SMILES string of the molecule is CCc1ccc(Cn2c(=S)[nH]c3c(F)cccc32)cc1. The molecule has 0 aliphatic heterocycles. The number of nitrogens with zero attached hydrogens (tertiary/aromatic N) is 1. The number of rotatable bonds is 3. The Morgan fingerprint density at radius 1 is 1.10 bits per heavy atom. The maximum atomic E-state index is 13.7. The van der Waals surface area contributed by atoms with Crippen molar-refractivity contribution in [1.82, 2.24) is 9.55 Å². The molecular formula is C16H15FN2S. The summed E-state index contributed by atoms with van der Waals surface area (Å²) < 4.78 is 16.2. The average molecular weight is 286 g/mol. The monoisotopic (exact) mass is 286 g/mol. The van der Waals surface area contributed by atoms with Crippen molar-refractivity contribution in [3.63, 3.8) is 0 Å². The van der Waals surface area contributed by atoms with Gasteiger partial charge >= 0.3 is 0 Å². The van der Waals surface area contributed by atoms with Crippen LogP contribution in [0.2, 0.25) is 0 Å². The molecule has 0 aliphatic rings. The normalized spacial score (nSPS) is 11.1. The molecule has 0 aliphatic carbocycles. The molecule has 0 unspecified atom stereocenters. The number of hydrogen-bond acceptors (Lipinski definition) is 1. The fourth-order valence-electron chi connectivity index (χ4n) is 2.37. The fourth-order valence-corrected chi connectivity index (χ4v) is 2.63. The maximum absolute atomic E-state index is 13.7. The topological polar surface area (TPSA) is 20.7 Å². The molecule has 0 amide bonds. The van der Waals surface area contributed by atoms with E-state index in [4.69, 9.17) is 12.2 Å². The largest absolute Gasteiger partial charge is 0.328 e. The quantitative estimate of drug-likeness (QED) is 0.705. The van der Waals surface area contributed by atoms with Crippen LogP contribution in [0.5, 0.6) is 0 Å². The molecule has 4 heteroatoms. The summed E-state index contributed by atoms with van der Waals surface area (Å²) >= 11 is 5.30. The molecule has 0 saturated carbocycles. The highest BCUT2D eigenvalue weighted by Crippen LogP contribution is 2.19. The molecule has 1 N–H and O–H groups in total. The Labute approximate surface area is 121 Å². The van der Waals surface area contributed by atoms with Crippen molar-refractivity contribution in [2.75, 3.05) is 0 Å². The minimum absolute atomic E-state index is 0.270. The Kier molecular flexibility index (Phi) is 3.40. The number of aryl methyl sites for hydroxylation is 1. The van der Waals surface area contributed by atoms with Gasteiger partial charge in [-0.3, -0.25) is 0 Å². The number of H-pyrrole nitrogens is 1. The van der Waals surface area contributed by atoms with Gasteiger partial charge in [0.05, 0.1) is 12.1 Å². The van der Waals surface area contributed by atoms with Crippen LogP contribution in [0, 0.1) is 10.6 Å².